The van der Waals surface area contributed by atoms with Crippen molar-refractivity contribution in [3.05, 3.63) is 23.8 Å². The van der Waals surface area contributed by atoms with E-state index in [9.17, 15) is 9.59 Å². The topological polar surface area (TPSA) is 101 Å². The fourth-order valence-corrected chi connectivity index (χ4v) is 1.89. The van der Waals surface area contributed by atoms with Crippen LogP contribution in [-0.4, -0.2) is 32.5 Å². The molecule has 1 rings (SSSR count). The molecule has 5 N–H and O–H groups in total. The number of nitrogens with one attached hydrogen (secondary N) is 1. The Morgan fingerprint density at radius 3 is 2.53 bits per heavy atom. The zero-order valence-corrected chi connectivity index (χ0v) is 11.4. The third-order valence-electron chi connectivity index (χ3n) is 2.97. The van der Waals surface area contributed by atoms with Gasteiger partial charge in [0.1, 0.15) is 0 Å². The van der Waals surface area contributed by atoms with Gasteiger partial charge in [-0.15, -0.1) is 0 Å². The average Bonchev–Trinajstić information content (AvgIpc) is 2.37. The Kier molecular flexibility index (Phi) is 4.74. The zero-order chi connectivity index (χ0) is 14.6. The van der Waals surface area contributed by atoms with E-state index < -0.39 is 5.91 Å². The first kappa shape index (κ1) is 14.8. The van der Waals surface area contributed by atoms with Gasteiger partial charge in [0.2, 0.25) is 11.8 Å². The van der Waals surface area contributed by atoms with Crippen LogP contribution in [0.2, 0.25) is 0 Å². The summed E-state index contributed by atoms with van der Waals surface area (Å²) < 4.78 is 0. The van der Waals surface area contributed by atoms with Gasteiger partial charge >= 0.3 is 0 Å². The number of nitrogens with two attached hydrogens (primary N) is 2. The summed E-state index contributed by atoms with van der Waals surface area (Å²) in [5, 5.41) is 2.60. The molecule has 6 heteroatoms. The molecule has 0 aliphatic heterocycles. The molecule has 19 heavy (non-hydrogen) atoms. The number of hydrogen-bond acceptors (Lipinski definition) is 4. The molecule has 0 fully saturated rings. The summed E-state index contributed by atoms with van der Waals surface area (Å²) in [6.07, 6.45) is 0. The molecule has 0 radical (unpaired) electrons. The van der Waals surface area contributed by atoms with Gasteiger partial charge in [0.25, 0.3) is 0 Å². The van der Waals surface area contributed by atoms with Gasteiger partial charge in [0.05, 0.1) is 17.3 Å². The molecular formula is C13H20N4O2. The van der Waals surface area contributed by atoms with Crippen molar-refractivity contribution in [3.8, 4) is 0 Å². The molecule has 2 amide bonds. The van der Waals surface area contributed by atoms with Crippen LogP contribution in [0.3, 0.4) is 0 Å². The molecule has 1 aromatic carbocycles. The number of nitrogen functional groups attached to an aromatic ring is 1. The van der Waals surface area contributed by atoms with E-state index >= 15 is 0 Å². The van der Waals surface area contributed by atoms with E-state index in [1.54, 1.807) is 25.2 Å². The number of carbonyl (C=O) groups is 2. The van der Waals surface area contributed by atoms with E-state index in [4.69, 9.17) is 11.5 Å². The Labute approximate surface area is 112 Å². The second-order valence-corrected chi connectivity index (χ2v) is 4.53. The van der Waals surface area contributed by atoms with E-state index in [1.165, 1.54) is 0 Å². The van der Waals surface area contributed by atoms with Crippen molar-refractivity contribution >= 4 is 23.2 Å². The molecule has 0 aliphatic rings. The van der Waals surface area contributed by atoms with Crippen LogP contribution in [-0.2, 0) is 4.79 Å². The first-order chi connectivity index (χ1) is 8.86. The molecule has 0 bridgehead atoms. The zero-order valence-electron chi connectivity index (χ0n) is 11.4. The van der Waals surface area contributed by atoms with E-state index in [0.29, 0.717) is 17.8 Å². The van der Waals surface area contributed by atoms with Crippen LogP contribution in [0.5, 0.6) is 0 Å². The number of carbonyl (C=O) groups excluding carboxylic acids is 2. The summed E-state index contributed by atoms with van der Waals surface area (Å²) >= 11 is 0. The highest BCUT2D eigenvalue weighted by atomic mass is 16.2. The lowest BCUT2D eigenvalue weighted by molar-refractivity contribution is -0.123. The summed E-state index contributed by atoms with van der Waals surface area (Å²) in [5.41, 5.74) is 12.7. The number of hydrogen-bond donors (Lipinski definition) is 3. The summed E-state index contributed by atoms with van der Waals surface area (Å²) in [7, 11) is 3.45. The third kappa shape index (κ3) is 3.61. The summed E-state index contributed by atoms with van der Waals surface area (Å²) in [5.74, 6) is -0.705. The Bertz CT molecular complexity index is 488. The molecule has 0 heterocycles. The maximum absolute atomic E-state index is 11.5. The van der Waals surface area contributed by atoms with Crippen molar-refractivity contribution in [1.82, 2.24) is 5.32 Å². The molecule has 1 aromatic rings. The number of benzene rings is 1. The van der Waals surface area contributed by atoms with Crippen LogP contribution < -0.4 is 21.7 Å². The lowest BCUT2D eigenvalue weighted by Gasteiger charge is -2.24. The first-order valence-electron chi connectivity index (χ1n) is 5.98. The van der Waals surface area contributed by atoms with Crippen LogP contribution in [0.1, 0.15) is 17.3 Å². The lowest BCUT2D eigenvalue weighted by atomic mass is 10.1. The first-order valence-corrected chi connectivity index (χ1v) is 5.98. The van der Waals surface area contributed by atoms with Crippen LogP contribution >= 0.6 is 0 Å². The molecule has 6 nitrogen and oxygen atoms in total. The number of primary amides is 1. The molecule has 1 unspecified atom stereocenters. The van der Waals surface area contributed by atoms with Gasteiger partial charge in [-0.05, 0) is 18.2 Å². The van der Waals surface area contributed by atoms with Crippen LogP contribution in [0, 0.1) is 5.92 Å². The minimum absolute atomic E-state index is 0.0285. The number of rotatable bonds is 5. The van der Waals surface area contributed by atoms with Gasteiger partial charge in [0.15, 0.2) is 0 Å². The van der Waals surface area contributed by atoms with E-state index in [-0.39, 0.29) is 11.8 Å². The predicted octanol–water partition coefficient (Wildman–Crippen LogP) is 0.186. The monoisotopic (exact) mass is 264 g/mol. The quantitative estimate of drug-likeness (QED) is 0.660. The van der Waals surface area contributed by atoms with Crippen molar-refractivity contribution in [2.24, 2.45) is 11.7 Å². The van der Waals surface area contributed by atoms with E-state index in [2.05, 4.69) is 5.32 Å². The average molecular weight is 264 g/mol. The molecular weight excluding hydrogens is 244 g/mol. The highest BCUT2D eigenvalue weighted by Crippen LogP contribution is 2.24. The highest BCUT2D eigenvalue weighted by molar-refractivity contribution is 5.95. The number of nitrogens with zero attached hydrogens (tertiary/aromatic N) is 1. The maximum Gasteiger partial charge on any atom is 0.248 e. The van der Waals surface area contributed by atoms with Crippen LogP contribution in [0.25, 0.3) is 0 Å². The van der Waals surface area contributed by atoms with Crippen molar-refractivity contribution in [2.45, 2.75) is 6.92 Å². The molecule has 104 valence electrons. The third-order valence-corrected chi connectivity index (χ3v) is 2.97. The van der Waals surface area contributed by atoms with Gasteiger partial charge in [-0.1, -0.05) is 6.92 Å². The summed E-state index contributed by atoms with van der Waals surface area (Å²) in [4.78, 5) is 24.4. The lowest BCUT2D eigenvalue weighted by Crippen LogP contribution is -2.34. The van der Waals surface area contributed by atoms with Gasteiger partial charge in [0, 0.05) is 26.2 Å². The maximum atomic E-state index is 11.5. The highest BCUT2D eigenvalue weighted by Gasteiger charge is 2.15. The predicted molar refractivity (Wildman–Crippen MR) is 75.9 cm³/mol. The smallest absolute Gasteiger partial charge is 0.248 e. The normalized spacial score (nSPS) is 11.7. The number of anilines is 2. The SMILES string of the molecule is CNC(=O)C(C)CN(C)c1ccc(C(N)=O)cc1N. The molecule has 0 saturated heterocycles. The van der Waals surface area contributed by atoms with E-state index in [0.717, 1.165) is 5.69 Å². The Morgan fingerprint density at radius 1 is 1.42 bits per heavy atom. The second kappa shape index (κ2) is 6.08. The van der Waals surface area contributed by atoms with Crippen LogP contribution in [0.4, 0.5) is 11.4 Å². The number of amides is 2. The standard InChI is InChI=1S/C13H20N4O2/c1-8(13(19)16-2)7-17(3)11-5-4-9(12(15)18)6-10(11)14/h4-6,8H,7,14H2,1-3H3,(H2,15,18)(H,16,19). The summed E-state index contributed by atoms with van der Waals surface area (Å²) in [6, 6.07) is 4.89. The molecule has 0 spiro atoms. The summed E-state index contributed by atoms with van der Waals surface area (Å²) in [6.45, 7) is 2.36. The Hall–Kier alpha value is -2.24. The van der Waals surface area contributed by atoms with Crippen molar-refractivity contribution in [2.75, 3.05) is 31.3 Å². The molecule has 0 aromatic heterocycles. The molecule has 0 aliphatic carbocycles. The minimum Gasteiger partial charge on any atom is -0.397 e. The van der Waals surface area contributed by atoms with Crippen molar-refractivity contribution in [3.63, 3.8) is 0 Å². The molecule has 0 saturated carbocycles. The second-order valence-electron chi connectivity index (χ2n) is 4.53. The Balaban J connectivity index is 2.85. The van der Waals surface area contributed by atoms with Crippen molar-refractivity contribution < 1.29 is 9.59 Å². The van der Waals surface area contributed by atoms with Crippen LogP contribution in [0.15, 0.2) is 18.2 Å². The fourth-order valence-electron chi connectivity index (χ4n) is 1.89. The minimum atomic E-state index is -0.514. The van der Waals surface area contributed by atoms with E-state index in [1.807, 2.05) is 18.9 Å². The van der Waals surface area contributed by atoms with Gasteiger partial charge in [-0.25, -0.2) is 0 Å². The van der Waals surface area contributed by atoms with Gasteiger partial charge in [-0.2, -0.15) is 0 Å². The van der Waals surface area contributed by atoms with Crippen molar-refractivity contribution in [1.29, 1.82) is 0 Å². The fraction of sp³-hybridized carbons (Fsp3) is 0.385. The Morgan fingerprint density at radius 2 is 2.05 bits per heavy atom. The molecule has 1 atom stereocenters. The van der Waals surface area contributed by atoms with Gasteiger partial charge in [-0.3, -0.25) is 9.59 Å². The largest absolute Gasteiger partial charge is 0.397 e. The van der Waals surface area contributed by atoms with Gasteiger partial charge < -0.3 is 21.7 Å².